The molecule has 0 spiro atoms. The van der Waals surface area contributed by atoms with Crippen molar-refractivity contribution in [3.63, 3.8) is 0 Å². The van der Waals surface area contributed by atoms with Gasteiger partial charge in [-0.2, -0.15) is 0 Å². The van der Waals surface area contributed by atoms with Crippen LogP contribution < -0.4 is 10.9 Å². The number of pyridine rings is 2. The molecule has 0 saturated carbocycles. The van der Waals surface area contributed by atoms with E-state index in [0.29, 0.717) is 6.54 Å². The fourth-order valence-corrected chi connectivity index (χ4v) is 1.62. The van der Waals surface area contributed by atoms with Crippen LogP contribution in [-0.2, 0) is 6.54 Å². The van der Waals surface area contributed by atoms with Crippen LogP contribution in [0.25, 0.3) is 0 Å². The second kappa shape index (κ2) is 4.82. The van der Waals surface area contributed by atoms with E-state index < -0.39 is 0 Å². The molecule has 0 unspecified atom stereocenters. The molecule has 0 aliphatic heterocycles. The van der Waals surface area contributed by atoms with Crippen LogP contribution in [0.4, 0.5) is 5.82 Å². The van der Waals surface area contributed by atoms with Crippen LogP contribution in [0.3, 0.4) is 0 Å². The lowest BCUT2D eigenvalue weighted by Crippen LogP contribution is -2.19. The number of nitrogens with one attached hydrogen (secondary N) is 1. The number of hydrogen-bond acceptors (Lipinski definition) is 3. The molecule has 0 atom stereocenters. The van der Waals surface area contributed by atoms with Crippen LogP contribution in [-0.4, -0.2) is 16.6 Å². The second-order valence-electron chi connectivity index (χ2n) is 3.93. The summed E-state index contributed by atoms with van der Waals surface area (Å²) in [5.41, 5.74) is 1.84. The summed E-state index contributed by atoms with van der Waals surface area (Å²) in [5.74, 6) is 0.808. The normalized spacial score (nSPS) is 10.2. The van der Waals surface area contributed by atoms with Crippen LogP contribution in [0.1, 0.15) is 11.3 Å². The van der Waals surface area contributed by atoms with Gasteiger partial charge in [-0.1, -0.05) is 6.07 Å². The Kier molecular flexibility index (Phi) is 3.23. The van der Waals surface area contributed by atoms with Gasteiger partial charge < -0.3 is 9.88 Å². The summed E-state index contributed by atoms with van der Waals surface area (Å²) in [6.45, 7) is 2.40. The van der Waals surface area contributed by atoms with Gasteiger partial charge in [0, 0.05) is 19.3 Å². The molecule has 0 saturated heterocycles. The molecular weight excluding hydrogens is 214 g/mol. The van der Waals surface area contributed by atoms with Gasteiger partial charge in [-0.3, -0.25) is 4.79 Å². The minimum absolute atomic E-state index is 0.00154. The highest BCUT2D eigenvalue weighted by molar-refractivity contribution is 5.34. The van der Waals surface area contributed by atoms with Crippen molar-refractivity contribution in [2.45, 2.75) is 13.5 Å². The van der Waals surface area contributed by atoms with Crippen molar-refractivity contribution >= 4 is 5.82 Å². The van der Waals surface area contributed by atoms with E-state index in [4.69, 9.17) is 0 Å². The standard InChI is InChI=1S/C13H15N3O/c1-10-6-7-16(13(17)8-10)9-11-4-3-5-12(14-2)15-11/h3-8H,9H2,1-2H3,(H,14,15). The maximum atomic E-state index is 11.7. The molecule has 4 nitrogen and oxygen atoms in total. The molecule has 0 fully saturated rings. The summed E-state index contributed by atoms with van der Waals surface area (Å²) in [4.78, 5) is 16.1. The number of hydrogen-bond donors (Lipinski definition) is 1. The zero-order valence-electron chi connectivity index (χ0n) is 9.97. The molecule has 2 aromatic heterocycles. The van der Waals surface area contributed by atoms with Gasteiger partial charge in [-0.25, -0.2) is 4.98 Å². The number of rotatable bonds is 3. The van der Waals surface area contributed by atoms with Gasteiger partial charge in [-0.05, 0) is 30.7 Å². The smallest absolute Gasteiger partial charge is 0.251 e. The predicted molar refractivity (Wildman–Crippen MR) is 68.3 cm³/mol. The van der Waals surface area contributed by atoms with Crippen molar-refractivity contribution < 1.29 is 0 Å². The number of aryl methyl sites for hydroxylation is 1. The third-order valence-electron chi connectivity index (χ3n) is 2.55. The highest BCUT2D eigenvalue weighted by atomic mass is 16.1. The molecule has 4 heteroatoms. The molecule has 0 aliphatic rings. The topological polar surface area (TPSA) is 46.9 Å². The molecule has 0 bridgehead atoms. The Hall–Kier alpha value is -2.10. The number of nitrogens with zero attached hydrogens (tertiary/aromatic N) is 2. The molecule has 0 radical (unpaired) electrons. The van der Waals surface area contributed by atoms with E-state index in [1.165, 1.54) is 0 Å². The first-order valence-electron chi connectivity index (χ1n) is 5.50. The maximum Gasteiger partial charge on any atom is 0.251 e. The summed E-state index contributed by atoms with van der Waals surface area (Å²) < 4.78 is 1.65. The minimum atomic E-state index is 0.00154. The Morgan fingerprint density at radius 1 is 1.35 bits per heavy atom. The van der Waals surface area contributed by atoms with Gasteiger partial charge in [0.25, 0.3) is 5.56 Å². The molecule has 2 aromatic rings. The summed E-state index contributed by atoms with van der Waals surface area (Å²) in [6.07, 6.45) is 1.80. The van der Waals surface area contributed by atoms with Gasteiger partial charge in [-0.15, -0.1) is 0 Å². The summed E-state index contributed by atoms with van der Waals surface area (Å²) >= 11 is 0. The Labute approximate surface area is 99.9 Å². The van der Waals surface area contributed by atoms with E-state index in [1.807, 2.05) is 38.2 Å². The zero-order valence-corrected chi connectivity index (χ0v) is 9.97. The first kappa shape index (κ1) is 11.4. The van der Waals surface area contributed by atoms with Crippen molar-refractivity contribution in [3.05, 3.63) is 58.1 Å². The quantitative estimate of drug-likeness (QED) is 0.870. The van der Waals surface area contributed by atoms with Gasteiger partial charge in [0.1, 0.15) is 5.82 Å². The van der Waals surface area contributed by atoms with Crippen molar-refractivity contribution in [1.82, 2.24) is 9.55 Å². The van der Waals surface area contributed by atoms with E-state index in [2.05, 4.69) is 10.3 Å². The molecule has 0 aromatic carbocycles. The average molecular weight is 229 g/mol. The Morgan fingerprint density at radius 2 is 2.18 bits per heavy atom. The van der Waals surface area contributed by atoms with Crippen LogP contribution in [0.2, 0.25) is 0 Å². The average Bonchev–Trinajstić information content (AvgIpc) is 2.33. The molecule has 0 amide bonds. The Morgan fingerprint density at radius 3 is 2.88 bits per heavy atom. The van der Waals surface area contributed by atoms with Crippen molar-refractivity contribution in [3.8, 4) is 0 Å². The summed E-state index contributed by atoms with van der Waals surface area (Å²) in [7, 11) is 1.82. The zero-order chi connectivity index (χ0) is 12.3. The van der Waals surface area contributed by atoms with Crippen molar-refractivity contribution in [1.29, 1.82) is 0 Å². The molecule has 2 heterocycles. The summed E-state index contributed by atoms with van der Waals surface area (Å²) in [6, 6.07) is 9.27. The van der Waals surface area contributed by atoms with Crippen LogP contribution in [0, 0.1) is 6.92 Å². The highest BCUT2D eigenvalue weighted by Crippen LogP contribution is 2.04. The van der Waals surface area contributed by atoms with E-state index in [9.17, 15) is 4.79 Å². The van der Waals surface area contributed by atoms with Gasteiger partial charge >= 0.3 is 0 Å². The van der Waals surface area contributed by atoms with Crippen LogP contribution in [0.15, 0.2) is 41.3 Å². The largest absolute Gasteiger partial charge is 0.373 e. The molecule has 88 valence electrons. The number of anilines is 1. The SMILES string of the molecule is CNc1cccc(Cn2ccc(C)cc2=O)n1. The van der Waals surface area contributed by atoms with Crippen LogP contribution >= 0.6 is 0 Å². The second-order valence-corrected chi connectivity index (χ2v) is 3.93. The Bertz CT molecular complexity index is 575. The molecule has 1 N–H and O–H groups in total. The first-order chi connectivity index (χ1) is 8.19. The van der Waals surface area contributed by atoms with E-state index >= 15 is 0 Å². The fourth-order valence-electron chi connectivity index (χ4n) is 1.62. The van der Waals surface area contributed by atoms with Crippen LogP contribution in [0.5, 0.6) is 0 Å². The minimum Gasteiger partial charge on any atom is -0.373 e. The lowest BCUT2D eigenvalue weighted by Gasteiger charge is -2.06. The molecule has 17 heavy (non-hydrogen) atoms. The lowest BCUT2D eigenvalue weighted by molar-refractivity contribution is 0.738. The van der Waals surface area contributed by atoms with Gasteiger partial charge in [0.15, 0.2) is 0 Å². The van der Waals surface area contributed by atoms with E-state index in [1.54, 1.807) is 16.8 Å². The highest BCUT2D eigenvalue weighted by Gasteiger charge is 2.00. The maximum absolute atomic E-state index is 11.7. The summed E-state index contributed by atoms with van der Waals surface area (Å²) in [5, 5.41) is 2.98. The van der Waals surface area contributed by atoms with Crippen molar-refractivity contribution in [2.75, 3.05) is 12.4 Å². The first-order valence-corrected chi connectivity index (χ1v) is 5.50. The van der Waals surface area contributed by atoms with Gasteiger partial charge in [0.2, 0.25) is 0 Å². The fraction of sp³-hybridized carbons (Fsp3) is 0.231. The third-order valence-corrected chi connectivity index (χ3v) is 2.55. The Balaban J connectivity index is 2.28. The molecule has 0 aliphatic carbocycles. The van der Waals surface area contributed by atoms with Gasteiger partial charge in [0.05, 0.1) is 12.2 Å². The predicted octanol–water partition coefficient (Wildman–Crippen LogP) is 1.64. The number of aromatic nitrogens is 2. The molecule has 2 rings (SSSR count). The monoisotopic (exact) mass is 229 g/mol. The van der Waals surface area contributed by atoms with E-state index in [0.717, 1.165) is 17.1 Å². The van der Waals surface area contributed by atoms with E-state index in [-0.39, 0.29) is 5.56 Å². The van der Waals surface area contributed by atoms with Crippen molar-refractivity contribution in [2.24, 2.45) is 0 Å². The molecular formula is C13H15N3O. The third kappa shape index (κ3) is 2.72. The lowest BCUT2D eigenvalue weighted by atomic mass is 10.3.